The predicted octanol–water partition coefficient (Wildman–Crippen LogP) is 3.26. The van der Waals surface area contributed by atoms with Crippen LogP contribution in [-0.2, 0) is 6.42 Å². The van der Waals surface area contributed by atoms with Crippen LogP contribution in [-0.4, -0.2) is 17.4 Å². The molecule has 1 atom stereocenters. The van der Waals surface area contributed by atoms with Crippen LogP contribution in [0.25, 0.3) is 0 Å². The largest absolute Gasteiger partial charge is 0.344 e. The molecule has 1 amide bonds. The zero-order chi connectivity index (χ0) is 16.1. The lowest BCUT2D eigenvalue weighted by molar-refractivity contribution is 0.0935. The van der Waals surface area contributed by atoms with Crippen LogP contribution in [0, 0.1) is 0 Å². The molecule has 0 fully saturated rings. The molecule has 1 unspecified atom stereocenters. The summed E-state index contributed by atoms with van der Waals surface area (Å²) in [7, 11) is 0. The molecule has 0 saturated carbocycles. The molecule has 0 bridgehead atoms. The average molecular weight is 317 g/mol. The molecule has 0 aliphatic carbocycles. The number of thiazole rings is 1. The van der Waals surface area contributed by atoms with Crippen molar-refractivity contribution < 1.29 is 4.79 Å². The molecule has 2 aromatic rings. The number of nitrogens with zero attached hydrogens (tertiary/aromatic N) is 1. The molecule has 0 spiro atoms. The van der Waals surface area contributed by atoms with Gasteiger partial charge >= 0.3 is 0 Å². The summed E-state index contributed by atoms with van der Waals surface area (Å²) in [6.45, 7) is 6.87. The van der Waals surface area contributed by atoms with E-state index in [0.717, 1.165) is 10.6 Å². The second-order valence-corrected chi connectivity index (χ2v) is 6.62. The van der Waals surface area contributed by atoms with E-state index in [9.17, 15) is 4.79 Å². The van der Waals surface area contributed by atoms with E-state index in [2.05, 4.69) is 48.4 Å². The van der Waals surface area contributed by atoms with E-state index >= 15 is 0 Å². The van der Waals surface area contributed by atoms with Gasteiger partial charge in [0.05, 0.1) is 11.0 Å². The van der Waals surface area contributed by atoms with Crippen molar-refractivity contribution in [2.75, 3.05) is 6.54 Å². The van der Waals surface area contributed by atoms with Gasteiger partial charge in [-0.15, -0.1) is 11.3 Å². The first-order valence-electron chi connectivity index (χ1n) is 7.56. The fourth-order valence-electron chi connectivity index (χ4n) is 2.18. The third kappa shape index (κ3) is 4.15. The maximum absolute atomic E-state index is 12.2. The van der Waals surface area contributed by atoms with Crippen molar-refractivity contribution in [2.45, 2.75) is 39.2 Å². The van der Waals surface area contributed by atoms with Crippen molar-refractivity contribution in [1.82, 2.24) is 10.3 Å². The molecule has 1 aromatic heterocycles. The summed E-state index contributed by atoms with van der Waals surface area (Å²) in [4.78, 5) is 16.5. The summed E-state index contributed by atoms with van der Waals surface area (Å²) in [5.41, 5.74) is 8.37. The SMILES string of the molecule is CC(C)c1ccc(C(C)NC(=O)c2csc(CCN)n2)cc1. The molecule has 118 valence electrons. The molecule has 22 heavy (non-hydrogen) atoms. The number of carbonyl (C=O) groups excluding carboxylic acids is 1. The van der Waals surface area contributed by atoms with Gasteiger partial charge in [-0.1, -0.05) is 38.1 Å². The van der Waals surface area contributed by atoms with Crippen molar-refractivity contribution in [2.24, 2.45) is 5.73 Å². The van der Waals surface area contributed by atoms with Crippen LogP contribution < -0.4 is 11.1 Å². The molecule has 3 N–H and O–H groups in total. The number of hydrogen-bond acceptors (Lipinski definition) is 4. The molecule has 5 heteroatoms. The topological polar surface area (TPSA) is 68.0 Å². The van der Waals surface area contributed by atoms with Crippen LogP contribution in [0.15, 0.2) is 29.6 Å². The lowest BCUT2D eigenvalue weighted by atomic mass is 9.99. The molecule has 1 aromatic carbocycles. The highest BCUT2D eigenvalue weighted by Crippen LogP contribution is 2.19. The molecule has 0 aliphatic heterocycles. The third-order valence-corrected chi connectivity index (χ3v) is 4.50. The fraction of sp³-hybridized carbons (Fsp3) is 0.412. The summed E-state index contributed by atoms with van der Waals surface area (Å²) >= 11 is 1.48. The highest BCUT2D eigenvalue weighted by molar-refractivity contribution is 7.09. The van der Waals surface area contributed by atoms with Crippen LogP contribution in [0.5, 0.6) is 0 Å². The first-order valence-corrected chi connectivity index (χ1v) is 8.44. The van der Waals surface area contributed by atoms with Crippen LogP contribution >= 0.6 is 11.3 Å². The van der Waals surface area contributed by atoms with E-state index < -0.39 is 0 Å². The van der Waals surface area contributed by atoms with Gasteiger partial charge in [-0.2, -0.15) is 0 Å². The predicted molar refractivity (Wildman–Crippen MR) is 91.3 cm³/mol. The van der Waals surface area contributed by atoms with E-state index in [-0.39, 0.29) is 11.9 Å². The Bertz CT molecular complexity index is 619. The maximum atomic E-state index is 12.2. The van der Waals surface area contributed by atoms with E-state index in [0.29, 0.717) is 24.6 Å². The van der Waals surface area contributed by atoms with Gasteiger partial charge in [0, 0.05) is 11.8 Å². The number of hydrogen-bond donors (Lipinski definition) is 2. The lowest BCUT2D eigenvalue weighted by Crippen LogP contribution is -2.27. The van der Waals surface area contributed by atoms with Gasteiger partial charge in [-0.25, -0.2) is 4.98 Å². The number of amides is 1. The minimum absolute atomic E-state index is 0.0478. The molecule has 4 nitrogen and oxygen atoms in total. The molecule has 0 saturated heterocycles. The Labute approximate surface area is 135 Å². The normalized spacial score (nSPS) is 12.4. The van der Waals surface area contributed by atoms with Gasteiger partial charge in [-0.3, -0.25) is 4.79 Å². The van der Waals surface area contributed by atoms with E-state index in [4.69, 9.17) is 5.73 Å². The van der Waals surface area contributed by atoms with Crippen LogP contribution in [0.1, 0.15) is 59.4 Å². The van der Waals surface area contributed by atoms with Crippen LogP contribution in [0.4, 0.5) is 0 Å². The standard InChI is InChI=1S/C17H23N3OS/c1-11(2)13-4-6-14(7-5-13)12(3)19-17(21)15-10-22-16(20-15)8-9-18/h4-7,10-12H,8-9,18H2,1-3H3,(H,19,21). The van der Waals surface area contributed by atoms with Crippen LogP contribution in [0.2, 0.25) is 0 Å². The zero-order valence-electron chi connectivity index (χ0n) is 13.3. The molecule has 1 heterocycles. The molecule has 0 aliphatic rings. The Balaban J connectivity index is 2.00. The third-order valence-electron chi connectivity index (χ3n) is 3.59. The lowest BCUT2D eigenvalue weighted by Gasteiger charge is -2.14. The van der Waals surface area contributed by atoms with Crippen molar-refractivity contribution in [3.63, 3.8) is 0 Å². The summed E-state index contributed by atoms with van der Waals surface area (Å²) in [5.74, 6) is 0.370. The molecular formula is C17H23N3OS. The quantitative estimate of drug-likeness (QED) is 0.859. The van der Waals surface area contributed by atoms with Crippen molar-refractivity contribution in [3.05, 3.63) is 51.5 Å². The Hall–Kier alpha value is -1.72. The highest BCUT2D eigenvalue weighted by Gasteiger charge is 2.14. The van der Waals surface area contributed by atoms with Gasteiger partial charge < -0.3 is 11.1 Å². The molecular weight excluding hydrogens is 294 g/mol. The highest BCUT2D eigenvalue weighted by atomic mass is 32.1. The number of benzene rings is 1. The van der Waals surface area contributed by atoms with Crippen molar-refractivity contribution in [1.29, 1.82) is 0 Å². The maximum Gasteiger partial charge on any atom is 0.271 e. The second-order valence-electron chi connectivity index (χ2n) is 5.68. The minimum Gasteiger partial charge on any atom is -0.344 e. The summed E-state index contributed by atoms with van der Waals surface area (Å²) in [6.07, 6.45) is 0.712. The average Bonchev–Trinajstić information content (AvgIpc) is 2.96. The summed E-state index contributed by atoms with van der Waals surface area (Å²) in [6, 6.07) is 8.33. The Morgan fingerprint density at radius 2 is 1.86 bits per heavy atom. The van der Waals surface area contributed by atoms with E-state index in [1.165, 1.54) is 16.9 Å². The Morgan fingerprint density at radius 1 is 1.23 bits per heavy atom. The van der Waals surface area contributed by atoms with Gasteiger partial charge in [-0.05, 0) is 30.5 Å². The smallest absolute Gasteiger partial charge is 0.271 e. The number of nitrogens with one attached hydrogen (secondary N) is 1. The second kappa shape index (κ2) is 7.51. The minimum atomic E-state index is -0.139. The van der Waals surface area contributed by atoms with Gasteiger partial charge in [0.2, 0.25) is 0 Å². The number of aromatic nitrogens is 1. The van der Waals surface area contributed by atoms with Crippen molar-refractivity contribution >= 4 is 17.2 Å². The van der Waals surface area contributed by atoms with E-state index in [1.54, 1.807) is 5.38 Å². The van der Waals surface area contributed by atoms with Crippen LogP contribution in [0.3, 0.4) is 0 Å². The first kappa shape index (κ1) is 16.6. The Morgan fingerprint density at radius 3 is 2.45 bits per heavy atom. The number of nitrogens with two attached hydrogens (primary N) is 1. The zero-order valence-corrected chi connectivity index (χ0v) is 14.1. The number of carbonyl (C=O) groups is 1. The van der Waals surface area contributed by atoms with Crippen molar-refractivity contribution in [3.8, 4) is 0 Å². The summed E-state index contributed by atoms with van der Waals surface area (Å²) < 4.78 is 0. The molecule has 2 rings (SSSR count). The monoisotopic (exact) mass is 317 g/mol. The summed E-state index contributed by atoms with van der Waals surface area (Å²) in [5, 5.41) is 5.68. The first-order chi connectivity index (χ1) is 10.5. The van der Waals surface area contributed by atoms with Gasteiger partial charge in [0.15, 0.2) is 0 Å². The number of rotatable bonds is 6. The molecule has 0 radical (unpaired) electrons. The van der Waals surface area contributed by atoms with Gasteiger partial charge in [0.25, 0.3) is 5.91 Å². The fourth-order valence-corrected chi connectivity index (χ4v) is 2.97. The Kier molecular flexibility index (Phi) is 5.69. The van der Waals surface area contributed by atoms with Gasteiger partial charge in [0.1, 0.15) is 5.69 Å². The van der Waals surface area contributed by atoms with E-state index in [1.807, 2.05) is 6.92 Å².